The number of fused-ring (bicyclic) bond motifs is 3. The van der Waals surface area contributed by atoms with Gasteiger partial charge < -0.3 is 20.3 Å². The molecule has 0 radical (unpaired) electrons. The van der Waals surface area contributed by atoms with E-state index in [1.165, 1.54) is 22.1 Å². The molecule has 17 heteroatoms. The first-order chi connectivity index (χ1) is 22.8. The number of nitrogen functional groups attached to an aromatic ring is 1. The van der Waals surface area contributed by atoms with E-state index >= 15 is 4.39 Å². The number of halogens is 3. The second kappa shape index (κ2) is 12.4. The van der Waals surface area contributed by atoms with Gasteiger partial charge in [0.15, 0.2) is 21.3 Å². The summed E-state index contributed by atoms with van der Waals surface area (Å²) >= 11 is 7.61. The molecule has 0 spiro atoms. The summed E-state index contributed by atoms with van der Waals surface area (Å²) in [5.74, 6) is -3.44. The summed E-state index contributed by atoms with van der Waals surface area (Å²) < 4.78 is 64.7. The van der Waals surface area contributed by atoms with Crippen LogP contribution in [0.25, 0.3) is 21.2 Å². The molecule has 12 nitrogen and oxygen atoms in total. The number of hydrogen-bond donors (Lipinski definition) is 1. The van der Waals surface area contributed by atoms with Gasteiger partial charge in [0, 0.05) is 36.0 Å². The lowest BCUT2D eigenvalue weighted by Crippen LogP contribution is -2.54. The van der Waals surface area contributed by atoms with E-state index in [-0.39, 0.29) is 73.4 Å². The third-order valence-corrected chi connectivity index (χ3v) is 11.6. The third kappa shape index (κ3) is 5.59. The normalized spacial score (nSPS) is 18.9. The maximum absolute atomic E-state index is 16.2. The highest BCUT2D eigenvalue weighted by molar-refractivity contribution is 7.91. The molecule has 2 N–H and O–H groups in total. The molecule has 2 aliphatic rings. The van der Waals surface area contributed by atoms with Crippen molar-refractivity contribution in [1.29, 1.82) is 10.5 Å². The average molecular weight is 714 g/mol. The summed E-state index contributed by atoms with van der Waals surface area (Å²) in [5.41, 5.74) is 5.48. The van der Waals surface area contributed by atoms with Gasteiger partial charge in [-0.05, 0) is 31.5 Å². The number of benzene rings is 2. The highest BCUT2D eigenvalue weighted by Crippen LogP contribution is 2.47. The first-order valence-electron chi connectivity index (χ1n) is 14.6. The summed E-state index contributed by atoms with van der Waals surface area (Å²) in [5, 5.41) is 18.7. The number of hydrogen-bond acceptors (Lipinski definition) is 10. The Morgan fingerprint density at radius 2 is 1.96 bits per heavy atom. The van der Waals surface area contributed by atoms with Gasteiger partial charge in [0.2, 0.25) is 0 Å². The summed E-state index contributed by atoms with van der Waals surface area (Å²) in [7, 11) is -3.84. The molecular weight excluding hydrogens is 688 g/mol. The predicted molar refractivity (Wildman–Crippen MR) is 173 cm³/mol. The number of anilines is 1. The zero-order chi connectivity index (χ0) is 34.7. The number of nitrogens with zero attached hydrogens (tertiary/aromatic N) is 6. The molecule has 2 atom stereocenters. The molecule has 2 amide bonds. The van der Waals surface area contributed by atoms with E-state index in [9.17, 15) is 32.9 Å². The maximum atomic E-state index is 16.2. The fourth-order valence-electron chi connectivity index (χ4n) is 6.35. The van der Waals surface area contributed by atoms with E-state index in [0.717, 1.165) is 34.4 Å². The number of nitrogens with two attached hydrogens (primary N) is 1. The van der Waals surface area contributed by atoms with E-state index in [2.05, 4.69) is 4.98 Å². The topological polar surface area (TPSA) is 175 Å². The van der Waals surface area contributed by atoms with Crippen molar-refractivity contribution in [3.05, 3.63) is 64.2 Å². The molecule has 2 aliphatic heterocycles. The predicted octanol–water partition coefficient (Wildman–Crippen LogP) is 4.79. The largest absolute Gasteiger partial charge is 0.491 e. The maximum Gasteiger partial charge on any atom is 0.330 e. The molecule has 1 saturated heterocycles. The van der Waals surface area contributed by atoms with Crippen molar-refractivity contribution in [3.8, 4) is 29.0 Å². The zero-order valence-electron chi connectivity index (χ0n) is 25.4. The van der Waals surface area contributed by atoms with Crippen LogP contribution >= 0.6 is 22.9 Å². The minimum atomic E-state index is -3.84. The minimum absolute atomic E-state index is 0.0119. The van der Waals surface area contributed by atoms with Gasteiger partial charge in [-0.2, -0.15) is 10.5 Å². The van der Waals surface area contributed by atoms with Crippen LogP contribution in [0, 0.1) is 34.3 Å². The van der Waals surface area contributed by atoms with Crippen LogP contribution in [0.3, 0.4) is 0 Å². The van der Waals surface area contributed by atoms with Gasteiger partial charge in [-0.25, -0.2) is 27.0 Å². The molecule has 4 aromatic rings. The summed E-state index contributed by atoms with van der Waals surface area (Å²) in [6.45, 7) is 3.06. The zero-order valence-corrected chi connectivity index (χ0v) is 27.8. The van der Waals surface area contributed by atoms with Crippen LogP contribution in [0.15, 0.2) is 30.7 Å². The quantitative estimate of drug-likeness (QED) is 0.313. The third-order valence-electron chi connectivity index (χ3n) is 8.39. The number of amides is 2. The number of imidazole rings is 1. The Bertz CT molecular complexity index is 2210. The highest BCUT2D eigenvalue weighted by atomic mass is 35.5. The van der Waals surface area contributed by atoms with Gasteiger partial charge in [-0.3, -0.25) is 9.36 Å². The van der Waals surface area contributed by atoms with E-state index in [4.69, 9.17) is 22.1 Å². The summed E-state index contributed by atoms with van der Waals surface area (Å²) in [4.78, 5) is 34.4. The molecular formula is C31H26ClF2N7O5S2. The van der Waals surface area contributed by atoms with Gasteiger partial charge in [0.1, 0.15) is 35.1 Å². The molecule has 2 unspecified atom stereocenters. The minimum Gasteiger partial charge on any atom is -0.491 e. The van der Waals surface area contributed by atoms with Crippen LogP contribution in [0.4, 0.5) is 18.6 Å². The molecule has 6 rings (SSSR count). The van der Waals surface area contributed by atoms with Crippen LogP contribution in [0.5, 0.6) is 5.75 Å². The lowest BCUT2D eigenvalue weighted by molar-refractivity contribution is 0.0577. The van der Waals surface area contributed by atoms with Crippen molar-refractivity contribution in [3.63, 3.8) is 0 Å². The number of aromatic nitrogens is 2. The van der Waals surface area contributed by atoms with Crippen LogP contribution in [-0.2, 0) is 9.84 Å². The summed E-state index contributed by atoms with van der Waals surface area (Å²) in [6.07, 6.45) is 2.45. The number of thiophene rings is 1. The number of carbonyl (C=O) groups is 2. The first kappa shape index (κ1) is 33.1. The van der Waals surface area contributed by atoms with E-state index in [0.29, 0.717) is 0 Å². The van der Waals surface area contributed by atoms with E-state index in [1.54, 1.807) is 13.8 Å². The van der Waals surface area contributed by atoms with Crippen LogP contribution in [0.1, 0.15) is 41.9 Å². The van der Waals surface area contributed by atoms with Gasteiger partial charge in [-0.1, -0.05) is 17.7 Å². The molecule has 0 saturated carbocycles. The Balaban J connectivity index is 1.45. The van der Waals surface area contributed by atoms with Crippen molar-refractivity contribution < 1.29 is 31.5 Å². The average Bonchev–Trinajstić information content (AvgIpc) is 3.61. The van der Waals surface area contributed by atoms with Crippen molar-refractivity contribution in [2.24, 2.45) is 0 Å². The Morgan fingerprint density at radius 1 is 1.21 bits per heavy atom. The fraction of sp³-hybridized carbons (Fsp3) is 0.323. The first-order valence-corrected chi connectivity index (χ1v) is 17.6. The smallest absolute Gasteiger partial charge is 0.330 e. The molecule has 2 aromatic carbocycles. The highest BCUT2D eigenvalue weighted by Gasteiger charge is 2.43. The van der Waals surface area contributed by atoms with Crippen molar-refractivity contribution >= 4 is 59.8 Å². The Hall–Kier alpha value is -4.77. The van der Waals surface area contributed by atoms with Crippen molar-refractivity contribution in [2.75, 3.05) is 30.4 Å². The number of carbonyl (C=O) groups excluding carboxylic acids is 2. The molecule has 248 valence electrons. The Kier molecular flexibility index (Phi) is 8.53. The molecule has 0 aliphatic carbocycles. The molecule has 48 heavy (non-hydrogen) atoms. The second-order valence-corrected chi connectivity index (χ2v) is 15.3. The molecule has 0 bridgehead atoms. The Labute approximate surface area is 282 Å². The van der Waals surface area contributed by atoms with Gasteiger partial charge >= 0.3 is 6.03 Å². The van der Waals surface area contributed by atoms with Crippen LogP contribution in [-0.4, -0.2) is 82.5 Å². The molecule has 2 aromatic heterocycles. The van der Waals surface area contributed by atoms with Crippen LogP contribution < -0.4 is 10.5 Å². The lowest BCUT2D eigenvalue weighted by Gasteiger charge is -2.38. The SMILES string of the molecule is CC(C)N(C(=O)n1cnc(C#N)c1)C1CN2C(=O)c3cc(F)c(-c4ccc(F)c5sc(N)c(C#N)c45)c(Cl)c3OCCC2CS(=O)(=O)C1. The monoisotopic (exact) mass is 713 g/mol. The Morgan fingerprint density at radius 3 is 2.62 bits per heavy atom. The second-order valence-electron chi connectivity index (χ2n) is 11.7. The van der Waals surface area contributed by atoms with E-state index in [1.807, 2.05) is 12.1 Å². The lowest BCUT2D eigenvalue weighted by atomic mass is 9.96. The fourth-order valence-corrected chi connectivity index (χ4v) is 9.57. The van der Waals surface area contributed by atoms with Gasteiger partial charge in [0.05, 0.1) is 51.2 Å². The van der Waals surface area contributed by atoms with Crippen molar-refractivity contribution in [2.45, 2.75) is 38.4 Å². The van der Waals surface area contributed by atoms with Gasteiger partial charge in [-0.15, -0.1) is 11.3 Å². The standard InChI is InChI=1S/C31H26ClF2N7O5S2/c1-15(2)41(31(43)39-10-16(8-35)38-14-39)18-11-40-17(12-48(44,45)13-18)5-6-46-27-20(30(40)42)7-23(34)25(26(27)32)19-3-4-22(33)28-24(19)21(9-36)29(37)47-28/h3-4,7,10,14-15,17-18H,5-6,11-13,37H2,1-2H3. The summed E-state index contributed by atoms with van der Waals surface area (Å²) in [6, 6.07) is 4.00. The van der Waals surface area contributed by atoms with Crippen molar-refractivity contribution in [1.82, 2.24) is 19.4 Å². The van der Waals surface area contributed by atoms with Gasteiger partial charge in [0.25, 0.3) is 5.91 Å². The molecule has 4 heterocycles. The van der Waals surface area contributed by atoms with Crippen LogP contribution in [0.2, 0.25) is 5.02 Å². The van der Waals surface area contributed by atoms with E-state index < -0.39 is 63.0 Å². The number of rotatable bonds is 3. The molecule has 1 fully saturated rings. The number of ether oxygens (including phenoxy) is 1. The number of sulfone groups is 1. The number of nitriles is 2.